The molecule has 0 spiro atoms. The lowest BCUT2D eigenvalue weighted by Crippen LogP contribution is -2.66. The molecule has 216 valence electrons. The second kappa shape index (κ2) is 10.5. The molecule has 0 aromatic carbocycles. The summed E-state index contributed by atoms with van der Waals surface area (Å²) in [7, 11) is -6.73. The predicted octanol–water partition coefficient (Wildman–Crippen LogP) is 4.50. The lowest BCUT2D eigenvalue weighted by molar-refractivity contribution is -0.110. The van der Waals surface area contributed by atoms with Crippen molar-refractivity contribution in [1.29, 1.82) is 0 Å². The van der Waals surface area contributed by atoms with Crippen molar-refractivity contribution in [2.45, 2.75) is 102 Å². The first kappa shape index (κ1) is 30.1. The summed E-state index contributed by atoms with van der Waals surface area (Å²) >= 11 is 0. The fourth-order valence-electron chi connectivity index (χ4n) is 6.16. The van der Waals surface area contributed by atoms with Gasteiger partial charge in [-0.05, 0) is 22.2 Å². The molecule has 11 nitrogen and oxygen atoms in total. The van der Waals surface area contributed by atoms with Crippen LogP contribution in [0.1, 0.15) is 55.4 Å². The van der Waals surface area contributed by atoms with Crippen LogP contribution >= 0.6 is 7.60 Å². The fourth-order valence-corrected chi connectivity index (χ4v) is 18.7. The number of hydrogen-bond donors (Lipinski definition) is 0. The van der Waals surface area contributed by atoms with E-state index >= 15 is 0 Å². The second-order valence-corrected chi connectivity index (χ2v) is 22.8. The Morgan fingerprint density at radius 2 is 1.63 bits per heavy atom. The van der Waals surface area contributed by atoms with Gasteiger partial charge in [0.15, 0.2) is 11.8 Å². The van der Waals surface area contributed by atoms with Crippen molar-refractivity contribution in [2.75, 3.05) is 27.0 Å². The van der Waals surface area contributed by atoms with Crippen LogP contribution < -0.4 is 10.3 Å². The van der Waals surface area contributed by atoms with E-state index in [4.69, 9.17) is 31.5 Å². The summed E-state index contributed by atoms with van der Waals surface area (Å²) in [6.07, 6.45) is -0.581. The molecular weight excluding hydrogens is 547 g/mol. The van der Waals surface area contributed by atoms with Gasteiger partial charge >= 0.3 is 30.7 Å². The Morgan fingerprint density at radius 1 is 1.05 bits per heavy atom. The van der Waals surface area contributed by atoms with Crippen LogP contribution in [0, 0.1) is 0 Å². The van der Waals surface area contributed by atoms with Gasteiger partial charge in [-0.25, -0.2) is 0 Å². The average Bonchev–Trinajstić information content (AvgIpc) is 3.27. The molecule has 1 aromatic heterocycles. The minimum atomic E-state index is -3.62. The van der Waals surface area contributed by atoms with Crippen LogP contribution in [0.3, 0.4) is 0 Å². The highest BCUT2D eigenvalue weighted by Crippen LogP contribution is 2.58. The monoisotopic (exact) mass is 590 g/mol. The van der Waals surface area contributed by atoms with Crippen molar-refractivity contribution in [2.24, 2.45) is 0 Å². The van der Waals surface area contributed by atoms with Gasteiger partial charge in [-0.2, -0.15) is 4.98 Å². The Bertz CT molecular complexity index is 1110. The molecule has 0 bridgehead atoms. The normalized spacial score (nSPS) is 30.2. The van der Waals surface area contributed by atoms with Crippen LogP contribution in [-0.2, 0) is 37.0 Å². The number of hydrogen-bond acceptors (Lipinski definition) is 10. The van der Waals surface area contributed by atoms with E-state index in [0.29, 0.717) is 0 Å². The summed E-state index contributed by atoms with van der Waals surface area (Å²) in [5.74, 6) is 0. The van der Waals surface area contributed by atoms with Gasteiger partial charge in [-0.15, -0.1) is 0 Å². The SMILES string of the molecule is COP(=O)(C[C@@]12O[C@@H]3CO[Si](C(C)C)(C(C)C)O[Si](C(C)C)(C(C)C)O[C@H]3[C@@H]1Oc1nc(=O)ccn12)OC. The lowest BCUT2D eigenvalue weighted by Gasteiger charge is -2.51. The van der Waals surface area contributed by atoms with Crippen molar-refractivity contribution in [3.63, 3.8) is 0 Å². The molecule has 4 heterocycles. The smallest absolute Gasteiger partial charge is 0.335 e. The molecule has 0 saturated carbocycles. The molecule has 4 rings (SSSR count). The minimum absolute atomic E-state index is 0.0710. The topological polar surface area (TPSA) is 117 Å². The molecule has 0 N–H and O–H groups in total. The Kier molecular flexibility index (Phi) is 8.31. The molecule has 3 aliphatic rings. The molecule has 4 atom stereocenters. The zero-order chi connectivity index (χ0) is 28.3. The van der Waals surface area contributed by atoms with Crippen LogP contribution in [0.2, 0.25) is 22.2 Å². The number of aromatic nitrogens is 2. The van der Waals surface area contributed by atoms with Crippen molar-refractivity contribution >= 4 is 24.7 Å². The molecule has 0 amide bonds. The Labute approximate surface area is 227 Å². The zero-order valence-corrected chi connectivity index (χ0v) is 27.0. The van der Waals surface area contributed by atoms with Gasteiger partial charge < -0.3 is 31.5 Å². The van der Waals surface area contributed by atoms with Crippen LogP contribution in [0.15, 0.2) is 17.1 Å². The van der Waals surface area contributed by atoms with Gasteiger partial charge in [0.25, 0.3) is 5.56 Å². The molecule has 0 aliphatic carbocycles. The van der Waals surface area contributed by atoms with E-state index in [1.165, 1.54) is 20.3 Å². The van der Waals surface area contributed by atoms with E-state index in [-0.39, 0.29) is 40.9 Å². The first-order valence-electron chi connectivity index (χ1n) is 13.4. The summed E-state index contributed by atoms with van der Waals surface area (Å²) in [5.41, 5.74) is -1.26. The van der Waals surface area contributed by atoms with Crippen LogP contribution in [-0.4, -0.2) is 72.0 Å². The number of ether oxygens (including phenoxy) is 2. The van der Waals surface area contributed by atoms with Crippen LogP contribution in [0.4, 0.5) is 0 Å². The maximum atomic E-state index is 13.5. The molecule has 2 fully saturated rings. The second-order valence-electron chi connectivity index (χ2n) is 11.6. The first-order valence-corrected chi connectivity index (χ1v) is 19.0. The Morgan fingerprint density at radius 3 is 2.16 bits per heavy atom. The maximum Gasteiger partial charge on any atom is 0.335 e. The first-order chi connectivity index (χ1) is 17.7. The largest absolute Gasteiger partial charge is 0.453 e. The van der Waals surface area contributed by atoms with Crippen molar-refractivity contribution in [3.8, 4) is 6.01 Å². The third kappa shape index (κ3) is 4.61. The average molecular weight is 591 g/mol. The fraction of sp³-hybridized carbons (Fsp3) is 0.833. The third-order valence-electron chi connectivity index (χ3n) is 8.19. The molecular formula is C24H43N2O9PSi2. The lowest BCUT2D eigenvalue weighted by atomic mass is 10.0. The quantitative estimate of drug-likeness (QED) is 0.316. The highest BCUT2D eigenvalue weighted by molar-refractivity contribution is 7.53. The highest BCUT2D eigenvalue weighted by Gasteiger charge is 2.69. The number of rotatable bonds is 8. The molecule has 14 heteroatoms. The van der Waals surface area contributed by atoms with Gasteiger partial charge in [-0.1, -0.05) is 55.4 Å². The zero-order valence-electron chi connectivity index (χ0n) is 24.1. The third-order valence-corrected chi connectivity index (χ3v) is 20.4. The molecule has 3 aliphatic heterocycles. The molecule has 2 saturated heterocycles. The van der Waals surface area contributed by atoms with Gasteiger partial charge in [0.05, 0.1) is 6.61 Å². The van der Waals surface area contributed by atoms with E-state index in [1.54, 1.807) is 10.8 Å². The van der Waals surface area contributed by atoms with Gasteiger partial charge in [0.1, 0.15) is 18.4 Å². The van der Waals surface area contributed by atoms with E-state index < -0.39 is 54.3 Å². The Hall–Kier alpha value is -0.896. The summed E-state index contributed by atoms with van der Waals surface area (Å²) < 4.78 is 60.2. The standard InChI is InChI=1S/C24H43N2O9PSi2/c1-15(2)37(16(3)4)31-13-19-21(34-38(35-37,17(5)6)18(7)8)22-24(33-19,14-36(28,29-9)30-10)26-12-11-20(27)25-23(26)32-22/h11-12,15-19,21-22H,13-14H2,1-10H3/t19-,21-,22+,24-/m1/s1. The van der Waals surface area contributed by atoms with Gasteiger partial charge in [0, 0.05) is 26.5 Å². The highest BCUT2D eigenvalue weighted by atomic mass is 31.2. The van der Waals surface area contributed by atoms with Crippen molar-refractivity contribution < 1.29 is 36.1 Å². The molecule has 1 aromatic rings. The van der Waals surface area contributed by atoms with Gasteiger partial charge in [-0.3, -0.25) is 13.9 Å². The summed E-state index contributed by atoms with van der Waals surface area (Å²) in [6.45, 7) is 17.4. The van der Waals surface area contributed by atoms with Gasteiger partial charge in [0.2, 0.25) is 0 Å². The summed E-state index contributed by atoms with van der Waals surface area (Å²) in [6, 6.07) is 1.39. The minimum Gasteiger partial charge on any atom is -0.453 e. The predicted molar refractivity (Wildman–Crippen MR) is 146 cm³/mol. The van der Waals surface area contributed by atoms with E-state index in [0.717, 1.165) is 0 Å². The van der Waals surface area contributed by atoms with E-state index in [9.17, 15) is 9.36 Å². The maximum absolute atomic E-state index is 13.5. The van der Waals surface area contributed by atoms with E-state index in [2.05, 4.69) is 60.4 Å². The van der Waals surface area contributed by atoms with E-state index in [1.807, 2.05) is 0 Å². The van der Waals surface area contributed by atoms with Crippen molar-refractivity contribution in [3.05, 3.63) is 22.6 Å². The summed E-state index contributed by atoms with van der Waals surface area (Å²) in [5, 5.41) is 0. The van der Waals surface area contributed by atoms with Crippen LogP contribution in [0.5, 0.6) is 6.01 Å². The van der Waals surface area contributed by atoms with Crippen LogP contribution in [0.25, 0.3) is 0 Å². The summed E-state index contributed by atoms with van der Waals surface area (Å²) in [4.78, 5) is 16.2. The molecule has 0 radical (unpaired) electrons. The number of fused-ring (bicyclic) bond motifs is 5. The van der Waals surface area contributed by atoms with Crippen molar-refractivity contribution in [1.82, 2.24) is 9.55 Å². The molecule has 38 heavy (non-hydrogen) atoms. The Balaban J connectivity index is 1.89. The molecule has 0 unspecified atom stereocenters. The number of nitrogens with zero attached hydrogens (tertiary/aromatic N) is 2.